The lowest BCUT2D eigenvalue weighted by molar-refractivity contribution is 0.171. The smallest absolute Gasteiger partial charge is 0.243 e. The zero-order valence-electron chi connectivity index (χ0n) is 17.7. The van der Waals surface area contributed by atoms with E-state index in [-0.39, 0.29) is 4.90 Å². The first kappa shape index (κ1) is 20.3. The van der Waals surface area contributed by atoms with Gasteiger partial charge in [0.15, 0.2) is 11.5 Å². The van der Waals surface area contributed by atoms with Crippen molar-refractivity contribution in [1.29, 1.82) is 0 Å². The van der Waals surface area contributed by atoms with Gasteiger partial charge in [-0.1, -0.05) is 0 Å². The predicted molar refractivity (Wildman–Crippen MR) is 117 cm³/mol. The number of rotatable bonds is 4. The zero-order valence-corrected chi connectivity index (χ0v) is 18.5. The van der Waals surface area contributed by atoms with Crippen LogP contribution in [0.15, 0.2) is 29.2 Å². The molecule has 0 aliphatic carbocycles. The lowest BCUT2D eigenvalue weighted by Crippen LogP contribution is -2.49. The summed E-state index contributed by atoms with van der Waals surface area (Å²) in [6.45, 7) is 6.83. The molecule has 2 saturated heterocycles. The van der Waals surface area contributed by atoms with Crippen LogP contribution in [0.3, 0.4) is 0 Å². The fraction of sp³-hybridized carbons (Fsp3) is 0.524. The van der Waals surface area contributed by atoms with Gasteiger partial charge in [0.2, 0.25) is 16.0 Å². The average Bonchev–Trinajstić information content (AvgIpc) is 3.33. The van der Waals surface area contributed by atoms with Crippen LogP contribution in [-0.2, 0) is 10.0 Å². The van der Waals surface area contributed by atoms with Gasteiger partial charge >= 0.3 is 0 Å². The van der Waals surface area contributed by atoms with Crippen molar-refractivity contribution in [2.75, 3.05) is 62.3 Å². The van der Waals surface area contributed by atoms with Gasteiger partial charge in [0, 0.05) is 57.1 Å². The molecule has 166 valence electrons. The van der Waals surface area contributed by atoms with Crippen molar-refractivity contribution >= 4 is 21.8 Å². The number of aryl methyl sites for hydroxylation is 1. The van der Waals surface area contributed by atoms with E-state index < -0.39 is 10.0 Å². The maximum Gasteiger partial charge on any atom is 0.243 e. The largest absolute Gasteiger partial charge is 0.486 e. The van der Waals surface area contributed by atoms with Crippen molar-refractivity contribution in [3.63, 3.8) is 0 Å². The highest BCUT2D eigenvalue weighted by molar-refractivity contribution is 7.89. The molecule has 3 aliphatic rings. The number of hydrogen-bond donors (Lipinski definition) is 0. The number of benzene rings is 1. The highest BCUT2D eigenvalue weighted by Crippen LogP contribution is 2.33. The predicted octanol–water partition coefficient (Wildman–Crippen LogP) is 1.67. The summed E-state index contributed by atoms with van der Waals surface area (Å²) in [4.78, 5) is 14.0. The number of aromatic nitrogens is 2. The van der Waals surface area contributed by atoms with Crippen LogP contribution < -0.4 is 19.3 Å². The summed E-state index contributed by atoms with van der Waals surface area (Å²) < 4.78 is 38.9. The third-order valence-corrected chi connectivity index (χ3v) is 7.83. The molecular formula is C21H27N5O4S. The molecule has 9 nitrogen and oxygen atoms in total. The molecule has 4 heterocycles. The Morgan fingerprint density at radius 2 is 1.55 bits per heavy atom. The first-order valence-corrected chi connectivity index (χ1v) is 12.2. The van der Waals surface area contributed by atoms with Crippen molar-refractivity contribution < 1.29 is 17.9 Å². The minimum absolute atomic E-state index is 0.236. The van der Waals surface area contributed by atoms with Gasteiger partial charge in [0.05, 0.1) is 4.90 Å². The molecule has 1 aromatic carbocycles. The summed E-state index contributed by atoms with van der Waals surface area (Å²) in [6.07, 6.45) is 2.34. The van der Waals surface area contributed by atoms with E-state index in [0.29, 0.717) is 50.9 Å². The van der Waals surface area contributed by atoms with Crippen molar-refractivity contribution in [1.82, 2.24) is 14.3 Å². The van der Waals surface area contributed by atoms with Crippen LogP contribution in [0.4, 0.5) is 11.8 Å². The van der Waals surface area contributed by atoms with Crippen molar-refractivity contribution in [3.8, 4) is 11.5 Å². The number of nitrogens with zero attached hydrogens (tertiary/aromatic N) is 5. The second-order valence-electron chi connectivity index (χ2n) is 8.06. The molecule has 0 unspecified atom stereocenters. The van der Waals surface area contributed by atoms with Gasteiger partial charge in [-0.25, -0.2) is 13.4 Å². The standard InChI is InChI=1S/C21H27N5O4S/c1-16-14-20(23-21(22-16)25-6-2-3-7-25)24-8-10-26(11-9-24)31(27,28)17-4-5-18-19(15-17)30-13-12-29-18/h4-5,14-15H,2-3,6-13H2,1H3. The van der Waals surface area contributed by atoms with E-state index in [1.807, 2.05) is 13.0 Å². The molecule has 0 spiro atoms. The molecule has 0 N–H and O–H groups in total. The first-order chi connectivity index (χ1) is 15.0. The molecule has 2 fully saturated rings. The second-order valence-corrected chi connectivity index (χ2v) is 10.00. The van der Waals surface area contributed by atoms with Crippen LogP contribution in [0.25, 0.3) is 0 Å². The highest BCUT2D eigenvalue weighted by atomic mass is 32.2. The number of fused-ring (bicyclic) bond motifs is 1. The molecule has 31 heavy (non-hydrogen) atoms. The Bertz CT molecular complexity index is 1060. The molecule has 10 heteroatoms. The number of sulfonamides is 1. The molecule has 1 aromatic heterocycles. The fourth-order valence-corrected chi connectivity index (χ4v) is 5.69. The Morgan fingerprint density at radius 1 is 0.839 bits per heavy atom. The van der Waals surface area contributed by atoms with E-state index in [1.54, 1.807) is 18.2 Å². The Hall–Kier alpha value is -2.59. The third-order valence-electron chi connectivity index (χ3n) is 5.93. The van der Waals surface area contributed by atoms with Crippen LogP contribution in [0, 0.1) is 6.92 Å². The Balaban J connectivity index is 1.30. The molecule has 2 aromatic rings. The molecule has 5 rings (SSSR count). The Kier molecular flexibility index (Phi) is 5.35. The SMILES string of the molecule is Cc1cc(N2CCN(S(=O)(=O)c3ccc4c(c3)OCCO4)CC2)nc(N2CCCC2)n1. The minimum atomic E-state index is -3.60. The summed E-state index contributed by atoms with van der Waals surface area (Å²) in [5, 5.41) is 0. The number of hydrogen-bond acceptors (Lipinski definition) is 8. The van der Waals surface area contributed by atoms with Crippen molar-refractivity contribution in [2.45, 2.75) is 24.7 Å². The molecule has 0 amide bonds. The van der Waals surface area contributed by atoms with Crippen LogP contribution in [-0.4, -0.2) is 75.2 Å². The molecule has 3 aliphatic heterocycles. The summed E-state index contributed by atoms with van der Waals surface area (Å²) in [7, 11) is -3.60. The molecule has 0 atom stereocenters. The zero-order chi connectivity index (χ0) is 21.4. The van der Waals surface area contributed by atoms with Gasteiger partial charge in [-0.3, -0.25) is 0 Å². The maximum atomic E-state index is 13.2. The second kappa shape index (κ2) is 8.16. The van der Waals surface area contributed by atoms with E-state index in [9.17, 15) is 8.42 Å². The lowest BCUT2D eigenvalue weighted by atomic mass is 10.3. The summed E-state index contributed by atoms with van der Waals surface area (Å²) in [5.41, 5.74) is 0.929. The van der Waals surface area contributed by atoms with Gasteiger partial charge in [-0.05, 0) is 31.9 Å². The molecular weight excluding hydrogens is 418 g/mol. The first-order valence-electron chi connectivity index (χ1n) is 10.8. The molecule has 0 saturated carbocycles. The summed E-state index contributed by atoms with van der Waals surface area (Å²) in [6, 6.07) is 6.79. The Labute approximate surface area is 182 Å². The van der Waals surface area contributed by atoms with Crippen LogP contribution in [0.1, 0.15) is 18.5 Å². The van der Waals surface area contributed by atoms with Crippen molar-refractivity contribution in [3.05, 3.63) is 30.0 Å². The van der Waals surface area contributed by atoms with E-state index in [2.05, 4.69) is 14.8 Å². The van der Waals surface area contributed by atoms with Gasteiger partial charge in [0.25, 0.3) is 0 Å². The monoisotopic (exact) mass is 445 g/mol. The average molecular weight is 446 g/mol. The van der Waals surface area contributed by atoms with E-state index in [0.717, 1.165) is 30.5 Å². The van der Waals surface area contributed by atoms with Gasteiger partial charge < -0.3 is 19.3 Å². The quantitative estimate of drug-likeness (QED) is 0.702. The van der Waals surface area contributed by atoms with E-state index in [1.165, 1.54) is 17.1 Å². The lowest BCUT2D eigenvalue weighted by Gasteiger charge is -2.35. The molecule has 0 radical (unpaired) electrons. The number of piperazine rings is 1. The van der Waals surface area contributed by atoms with Crippen LogP contribution in [0.5, 0.6) is 11.5 Å². The van der Waals surface area contributed by atoms with Crippen LogP contribution >= 0.6 is 0 Å². The van der Waals surface area contributed by atoms with E-state index in [4.69, 9.17) is 14.5 Å². The minimum Gasteiger partial charge on any atom is -0.486 e. The number of anilines is 2. The summed E-state index contributed by atoms with van der Waals surface area (Å²) >= 11 is 0. The Morgan fingerprint density at radius 3 is 2.29 bits per heavy atom. The van der Waals surface area contributed by atoms with Gasteiger partial charge in [0.1, 0.15) is 19.0 Å². The van der Waals surface area contributed by atoms with Gasteiger partial charge in [-0.15, -0.1) is 0 Å². The fourth-order valence-electron chi connectivity index (χ4n) is 4.25. The maximum absolute atomic E-state index is 13.2. The van der Waals surface area contributed by atoms with Crippen molar-refractivity contribution in [2.24, 2.45) is 0 Å². The molecule has 0 bridgehead atoms. The topological polar surface area (TPSA) is 88.1 Å². The van der Waals surface area contributed by atoms with Crippen LogP contribution in [0.2, 0.25) is 0 Å². The number of ether oxygens (including phenoxy) is 2. The highest BCUT2D eigenvalue weighted by Gasteiger charge is 2.30. The summed E-state index contributed by atoms with van der Waals surface area (Å²) in [5.74, 6) is 2.71. The van der Waals surface area contributed by atoms with Gasteiger partial charge in [-0.2, -0.15) is 9.29 Å². The van der Waals surface area contributed by atoms with E-state index >= 15 is 0 Å². The third kappa shape index (κ3) is 4.01. The normalized spacial score (nSPS) is 19.6.